The number of benzene rings is 2. The van der Waals surface area contributed by atoms with E-state index in [1.807, 2.05) is 66.5 Å². The molecule has 0 bridgehead atoms. The van der Waals surface area contributed by atoms with E-state index in [4.69, 9.17) is 0 Å². The zero-order chi connectivity index (χ0) is 20.9. The molecule has 0 aliphatic rings. The number of rotatable bonds is 5. The van der Waals surface area contributed by atoms with Crippen LogP contribution in [0.2, 0.25) is 0 Å². The summed E-state index contributed by atoms with van der Waals surface area (Å²) in [6.07, 6.45) is 3.44. The van der Waals surface area contributed by atoms with Crippen molar-refractivity contribution in [3.63, 3.8) is 0 Å². The monoisotopic (exact) mass is 399 g/mol. The van der Waals surface area contributed by atoms with Crippen molar-refractivity contribution in [2.24, 2.45) is 0 Å². The van der Waals surface area contributed by atoms with Gasteiger partial charge in [0.15, 0.2) is 0 Å². The second-order valence-corrected chi connectivity index (χ2v) is 6.84. The van der Waals surface area contributed by atoms with E-state index in [9.17, 15) is 9.59 Å². The van der Waals surface area contributed by atoms with Gasteiger partial charge >= 0.3 is 0 Å². The molecule has 0 saturated heterocycles. The van der Waals surface area contributed by atoms with Crippen molar-refractivity contribution < 1.29 is 9.59 Å². The number of hydrogen-bond donors (Lipinski definition) is 3. The van der Waals surface area contributed by atoms with Crippen molar-refractivity contribution in [2.75, 3.05) is 11.9 Å². The van der Waals surface area contributed by atoms with E-state index in [2.05, 4.69) is 20.8 Å². The minimum atomic E-state index is -0.427. The normalized spacial score (nSPS) is 10.6. The van der Waals surface area contributed by atoms with Crippen LogP contribution in [0, 0.1) is 0 Å². The van der Waals surface area contributed by atoms with Gasteiger partial charge in [0.25, 0.3) is 5.91 Å². The Morgan fingerprint density at radius 1 is 0.967 bits per heavy atom. The highest BCUT2D eigenvalue weighted by Gasteiger charge is 2.12. The van der Waals surface area contributed by atoms with Crippen LogP contribution < -0.4 is 15.8 Å². The molecule has 2 aromatic carbocycles. The average molecular weight is 399 g/mol. The van der Waals surface area contributed by atoms with Crippen LogP contribution in [0.1, 0.15) is 15.9 Å². The maximum absolute atomic E-state index is 12.3. The number of hydrogen-bond acceptors (Lipinski definition) is 4. The van der Waals surface area contributed by atoms with Gasteiger partial charge in [0, 0.05) is 36.0 Å². The van der Waals surface area contributed by atoms with Crippen LogP contribution in [-0.2, 0) is 11.2 Å². The Bertz CT molecular complexity index is 1170. The second kappa shape index (κ2) is 8.48. The quantitative estimate of drug-likeness (QED) is 0.449. The number of nitrogens with zero attached hydrogens (tertiary/aromatic N) is 2. The van der Waals surface area contributed by atoms with Crippen molar-refractivity contribution in [2.45, 2.75) is 6.42 Å². The van der Waals surface area contributed by atoms with Crippen LogP contribution in [0.4, 0.5) is 11.5 Å². The zero-order valence-electron chi connectivity index (χ0n) is 16.4. The Labute approximate surface area is 173 Å². The van der Waals surface area contributed by atoms with Crippen LogP contribution >= 0.6 is 0 Å². The molecule has 2 amide bonds. The molecule has 30 heavy (non-hydrogen) atoms. The van der Waals surface area contributed by atoms with Gasteiger partial charge in [0.2, 0.25) is 5.91 Å². The smallest absolute Gasteiger partial charge is 0.271 e. The van der Waals surface area contributed by atoms with Crippen LogP contribution in [0.15, 0.2) is 79.1 Å². The third-order valence-corrected chi connectivity index (χ3v) is 4.84. The number of fused-ring (bicyclic) bond motifs is 1. The predicted molar refractivity (Wildman–Crippen MR) is 116 cm³/mol. The molecule has 2 aromatic heterocycles. The standard InChI is InChI=1S/C23H21N5O2/c1-28(18-7-3-2-4-8-18)21-12-11-16(14-25-21)23(30)27-26-22(29)13-17-15-24-20-10-6-5-9-19(17)20/h2-12,14-15,24H,13H2,1H3,(H,26,29)(H,27,30). The lowest BCUT2D eigenvalue weighted by atomic mass is 10.1. The number of nitrogens with one attached hydrogen (secondary N) is 3. The van der Waals surface area contributed by atoms with Crippen LogP contribution in [0.5, 0.6) is 0 Å². The van der Waals surface area contributed by atoms with E-state index in [0.717, 1.165) is 22.2 Å². The number of H-pyrrole nitrogens is 1. The average Bonchev–Trinajstić information content (AvgIpc) is 3.20. The van der Waals surface area contributed by atoms with Crippen LogP contribution in [-0.4, -0.2) is 28.8 Å². The summed E-state index contributed by atoms with van der Waals surface area (Å²) < 4.78 is 0. The molecular weight excluding hydrogens is 378 g/mol. The second-order valence-electron chi connectivity index (χ2n) is 6.84. The summed E-state index contributed by atoms with van der Waals surface area (Å²) in [5.41, 5.74) is 8.08. The Morgan fingerprint density at radius 3 is 2.50 bits per heavy atom. The molecule has 0 spiro atoms. The molecule has 0 fully saturated rings. The van der Waals surface area contributed by atoms with Crippen molar-refractivity contribution in [1.82, 2.24) is 20.8 Å². The first-order valence-electron chi connectivity index (χ1n) is 9.51. The Hall–Kier alpha value is -4.13. The van der Waals surface area contributed by atoms with Gasteiger partial charge in [-0.2, -0.15) is 0 Å². The first kappa shape index (κ1) is 19.2. The molecule has 0 radical (unpaired) electrons. The van der Waals surface area contributed by atoms with E-state index >= 15 is 0 Å². The number of pyridine rings is 1. The number of aromatic amines is 1. The fourth-order valence-electron chi connectivity index (χ4n) is 3.20. The Kier molecular flexibility index (Phi) is 5.43. The molecule has 150 valence electrons. The third kappa shape index (κ3) is 4.15. The summed E-state index contributed by atoms with van der Waals surface area (Å²) >= 11 is 0. The molecule has 0 aliphatic heterocycles. The number of carbonyl (C=O) groups is 2. The summed E-state index contributed by atoms with van der Waals surface area (Å²) in [6.45, 7) is 0. The van der Waals surface area contributed by atoms with Gasteiger partial charge in [0.05, 0.1) is 12.0 Å². The summed E-state index contributed by atoms with van der Waals surface area (Å²) in [5.74, 6) is -0.0219. The van der Waals surface area contributed by atoms with Crippen molar-refractivity contribution >= 4 is 34.2 Å². The fraction of sp³-hybridized carbons (Fsp3) is 0.0870. The van der Waals surface area contributed by atoms with Gasteiger partial charge in [-0.3, -0.25) is 20.4 Å². The maximum Gasteiger partial charge on any atom is 0.271 e. The van der Waals surface area contributed by atoms with Crippen molar-refractivity contribution in [3.8, 4) is 0 Å². The highest BCUT2D eigenvalue weighted by atomic mass is 16.2. The maximum atomic E-state index is 12.3. The van der Waals surface area contributed by atoms with E-state index in [1.165, 1.54) is 6.20 Å². The fourth-order valence-corrected chi connectivity index (χ4v) is 3.20. The van der Waals surface area contributed by atoms with Gasteiger partial charge in [-0.05, 0) is 35.9 Å². The van der Waals surface area contributed by atoms with Crippen molar-refractivity contribution in [3.05, 3.63) is 90.3 Å². The van der Waals surface area contributed by atoms with E-state index in [1.54, 1.807) is 18.3 Å². The molecule has 0 atom stereocenters. The first-order valence-corrected chi connectivity index (χ1v) is 9.51. The first-order chi connectivity index (χ1) is 14.6. The predicted octanol–water partition coefficient (Wildman–Crippen LogP) is 3.33. The van der Waals surface area contributed by atoms with Gasteiger partial charge in [0.1, 0.15) is 5.82 Å². The Morgan fingerprint density at radius 2 is 1.73 bits per heavy atom. The number of hydrazine groups is 1. The molecule has 0 unspecified atom stereocenters. The number of aromatic nitrogens is 2. The van der Waals surface area contributed by atoms with Crippen LogP contribution in [0.25, 0.3) is 10.9 Å². The number of carbonyl (C=O) groups excluding carboxylic acids is 2. The van der Waals surface area contributed by atoms with E-state index in [0.29, 0.717) is 11.4 Å². The molecule has 0 aliphatic carbocycles. The minimum absolute atomic E-state index is 0.156. The highest BCUT2D eigenvalue weighted by molar-refractivity contribution is 5.96. The largest absolute Gasteiger partial charge is 0.361 e. The van der Waals surface area contributed by atoms with Gasteiger partial charge < -0.3 is 9.88 Å². The topological polar surface area (TPSA) is 90.1 Å². The molecule has 4 rings (SSSR count). The highest BCUT2D eigenvalue weighted by Crippen LogP contribution is 2.21. The van der Waals surface area contributed by atoms with E-state index in [-0.39, 0.29) is 12.3 Å². The lowest BCUT2D eigenvalue weighted by Gasteiger charge is -2.18. The Balaban J connectivity index is 1.34. The summed E-state index contributed by atoms with van der Waals surface area (Å²) in [5, 5.41) is 0.987. The molecule has 2 heterocycles. The summed E-state index contributed by atoms with van der Waals surface area (Å²) in [6, 6.07) is 21.0. The lowest BCUT2D eigenvalue weighted by molar-refractivity contribution is -0.121. The van der Waals surface area contributed by atoms with Gasteiger partial charge in [-0.25, -0.2) is 4.98 Å². The summed E-state index contributed by atoms with van der Waals surface area (Å²) in [4.78, 5) is 34.0. The van der Waals surface area contributed by atoms with Crippen molar-refractivity contribution in [1.29, 1.82) is 0 Å². The zero-order valence-corrected chi connectivity index (χ0v) is 16.4. The molecule has 7 nitrogen and oxygen atoms in total. The third-order valence-electron chi connectivity index (χ3n) is 4.84. The molecular formula is C23H21N5O2. The molecule has 0 saturated carbocycles. The van der Waals surface area contributed by atoms with Crippen LogP contribution in [0.3, 0.4) is 0 Å². The van der Waals surface area contributed by atoms with Gasteiger partial charge in [-0.15, -0.1) is 0 Å². The number of amides is 2. The number of para-hydroxylation sites is 2. The van der Waals surface area contributed by atoms with Gasteiger partial charge in [-0.1, -0.05) is 36.4 Å². The minimum Gasteiger partial charge on any atom is -0.361 e. The molecule has 4 aromatic rings. The summed E-state index contributed by atoms with van der Waals surface area (Å²) in [7, 11) is 1.91. The van der Waals surface area contributed by atoms with E-state index < -0.39 is 5.91 Å². The molecule has 3 N–H and O–H groups in total. The molecule has 7 heteroatoms. The number of anilines is 2. The SMILES string of the molecule is CN(c1ccccc1)c1ccc(C(=O)NNC(=O)Cc2c[nH]c3ccccc23)cn1. The lowest BCUT2D eigenvalue weighted by Crippen LogP contribution is -2.42.